The Morgan fingerprint density at radius 3 is 2.74 bits per heavy atom. The van der Waals surface area contributed by atoms with Crippen LogP contribution in [0.2, 0.25) is 0 Å². The summed E-state index contributed by atoms with van der Waals surface area (Å²) in [6.07, 6.45) is 0.932. The highest BCUT2D eigenvalue weighted by Crippen LogP contribution is 2.27. The summed E-state index contributed by atoms with van der Waals surface area (Å²) in [4.78, 5) is 4.53. The van der Waals surface area contributed by atoms with Crippen molar-refractivity contribution in [1.82, 2.24) is 9.80 Å². The number of hydrogen-bond donors (Lipinski definition) is 1. The van der Waals surface area contributed by atoms with Gasteiger partial charge in [0.05, 0.1) is 12.5 Å². The molecule has 0 bridgehead atoms. The van der Waals surface area contributed by atoms with Gasteiger partial charge in [-0.2, -0.15) is 0 Å². The van der Waals surface area contributed by atoms with Gasteiger partial charge in [0, 0.05) is 26.2 Å². The van der Waals surface area contributed by atoms with Gasteiger partial charge in [0.25, 0.3) is 0 Å². The summed E-state index contributed by atoms with van der Waals surface area (Å²) in [5.41, 5.74) is 1.23. The van der Waals surface area contributed by atoms with Crippen LogP contribution in [0.3, 0.4) is 0 Å². The molecule has 0 aliphatic carbocycles. The molecule has 2 aliphatic heterocycles. The SMILES string of the molecule is CN1CCN(C(=N)C2COc3ccccc3C2)CC1. The number of benzene rings is 1. The predicted molar refractivity (Wildman–Crippen MR) is 75.9 cm³/mol. The van der Waals surface area contributed by atoms with Crippen LogP contribution in [0, 0.1) is 11.3 Å². The average molecular weight is 259 g/mol. The lowest BCUT2D eigenvalue weighted by Crippen LogP contribution is -2.50. The van der Waals surface area contributed by atoms with E-state index in [0.717, 1.165) is 44.2 Å². The van der Waals surface area contributed by atoms with Crippen LogP contribution in [0.5, 0.6) is 5.75 Å². The highest BCUT2D eigenvalue weighted by Gasteiger charge is 2.27. The third-order valence-corrected chi connectivity index (χ3v) is 4.11. The quantitative estimate of drug-likeness (QED) is 0.613. The number of fused-ring (bicyclic) bond motifs is 1. The van der Waals surface area contributed by atoms with E-state index in [1.807, 2.05) is 18.2 Å². The van der Waals surface area contributed by atoms with Gasteiger partial charge >= 0.3 is 0 Å². The number of hydrogen-bond acceptors (Lipinski definition) is 3. The van der Waals surface area contributed by atoms with E-state index in [0.29, 0.717) is 6.61 Å². The molecular formula is C15H21N3O. The molecule has 4 heteroatoms. The predicted octanol–water partition coefficient (Wildman–Crippen LogP) is 1.46. The first-order chi connectivity index (χ1) is 9.24. The monoisotopic (exact) mass is 259 g/mol. The molecule has 1 unspecified atom stereocenters. The molecule has 3 rings (SSSR count). The second kappa shape index (κ2) is 5.21. The van der Waals surface area contributed by atoms with E-state index < -0.39 is 0 Å². The fraction of sp³-hybridized carbons (Fsp3) is 0.533. The van der Waals surface area contributed by atoms with Crippen LogP contribution in [0.1, 0.15) is 5.56 Å². The Balaban J connectivity index is 1.66. The Kier molecular flexibility index (Phi) is 3.42. The van der Waals surface area contributed by atoms with E-state index in [2.05, 4.69) is 22.9 Å². The van der Waals surface area contributed by atoms with Gasteiger partial charge in [-0.25, -0.2) is 0 Å². The molecule has 102 valence electrons. The first kappa shape index (κ1) is 12.5. The average Bonchev–Trinajstić information content (AvgIpc) is 2.47. The number of piperazine rings is 1. The van der Waals surface area contributed by atoms with Crippen LogP contribution in [0.25, 0.3) is 0 Å². The third kappa shape index (κ3) is 2.59. The zero-order valence-electron chi connectivity index (χ0n) is 11.4. The van der Waals surface area contributed by atoms with Crippen LogP contribution in [-0.4, -0.2) is 55.5 Å². The molecule has 0 amide bonds. The van der Waals surface area contributed by atoms with E-state index in [1.165, 1.54) is 5.56 Å². The van der Waals surface area contributed by atoms with E-state index in [1.54, 1.807) is 0 Å². The molecule has 1 fully saturated rings. The highest BCUT2D eigenvalue weighted by molar-refractivity contribution is 5.82. The van der Waals surface area contributed by atoms with Crippen molar-refractivity contribution in [3.63, 3.8) is 0 Å². The van der Waals surface area contributed by atoms with Gasteiger partial charge in [-0.1, -0.05) is 18.2 Å². The number of amidine groups is 1. The molecule has 1 saturated heterocycles. The largest absolute Gasteiger partial charge is 0.493 e. The molecule has 4 nitrogen and oxygen atoms in total. The van der Waals surface area contributed by atoms with Crippen molar-refractivity contribution in [3.8, 4) is 5.75 Å². The number of ether oxygens (including phenoxy) is 1. The second-order valence-corrected chi connectivity index (χ2v) is 5.50. The molecule has 1 aromatic rings. The van der Waals surface area contributed by atoms with Crippen molar-refractivity contribution in [1.29, 1.82) is 5.41 Å². The van der Waals surface area contributed by atoms with Crippen molar-refractivity contribution in [2.24, 2.45) is 5.92 Å². The number of nitrogens with one attached hydrogen (secondary N) is 1. The first-order valence-electron chi connectivity index (χ1n) is 6.96. The molecule has 1 N–H and O–H groups in total. The van der Waals surface area contributed by atoms with E-state index >= 15 is 0 Å². The maximum absolute atomic E-state index is 8.41. The Morgan fingerprint density at radius 2 is 1.95 bits per heavy atom. The molecule has 0 radical (unpaired) electrons. The minimum atomic E-state index is 0.207. The lowest BCUT2D eigenvalue weighted by atomic mass is 9.95. The fourth-order valence-corrected chi connectivity index (χ4v) is 2.81. The summed E-state index contributed by atoms with van der Waals surface area (Å²) in [5.74, 6) is 1.95. The lowest BCUT2D eigenvalue weighted by molar-refractivity contribution is 0.195. The molecule has 0 saturated carbocycles. The maximum atomic E-state index is 8.41. The van der Waals surface area contributed by atoms with Gasteiger partial charge < -0.3 is 14.5 Å². The van der Waals surface area contributed by atoms with Gasteiger partial charge in [0.15, 0.2) is 0 Å². The summed E-state index contributed by atoms with van der Waals surface area (Å²) < 4.78 is 5.79. The van der Waals surface area contributed by atoms with Gasteiger partial charge in [-0.05, 0) is 25.1 Å². The molecule has 1 aromatic carbocycles. The number of para-hydroxylation sites is 1. The molecule has 1 atom stereocenters. The summed E-state index contributed by atoms with van der Waals surface area (Å²) in [5, 5.41) is 8.41. The van der Waals surface area contributed by atoms with Crippen LogP contribution < -0.4 is 4.74 Å². The first-order valence-corrected chi connectivity index (χ1v) is 6.96. The van der Waals surface area contributed by atoms with Gasteiger partial charge in [0.2, 0.25) is 0 Å². The Bertz CT molecular complexity index is 466. The maximum Gasteiger partial charge on any atom is 0.122 e. The number of likely N-dealkylation sites (N-methyl/N-ethyl adjacent to an activating group) is 1. The Hall–Kier alpha value is -1.55. The summed E-state index contributed by atoms with van der Waals surface area (Å²) in [6, 6.07) is 8.18. The zero-order valence-corrected chi connectivity index (χ0v) is 11.4. The van der Waals surface area contributed by atoms with Crippen molar-refractivity contribution >= 4 is 5.84 Å². The molecule has 0 aromatic heterocycles. The minimum absolute atomic E-state index is 0.207. The Labute approximate surface area is 114 Å². The molecule has 19 heavy (non-hydrogen) atoms. The summed E-state index contributed by atoms with van der Waals surface area (Å²) in [7, 11) is 2.14. The molecule has 2 heterocycles. The minimum Gasteiger partial charge on any atom is -0.493 e. The molecule has 2 aliphatic rings. The molecular weight excluding hydrogens is 238 g/mol. The standard InChI is InChI=1S/C15H21N3O/c1-17-6-8-18(9-7-17)15(16)13-10-12-4-2-3-5-14(12)19-11-13/h2-5,13,16H,6-11H2,1H3. The van der Waals surface area contributed by atoms with Gasteiger partial charge in [0.1, 0.15) is 11.6 Å². The van der Waals surface area contributed by atoms with Crippen LogP contribution in [-0.2, 0) is 6.42 Å². The van der Waals surface area contributed by atoms with E-state index in [9.17, 15) is 0 Å². The smallest absolute Gasteiger partial charge is 0.122 e. The number of rotatable bonds is 1. The van der Waals surface area contributed by atoms with Crippen molar-refractivity contribution in [2.45, 2.75) is 6.42 Å². The molecule has 0 spiro atoms. The summed E-state index contributed by atoms with van der Waals surface area (Å²) in [6.45, 7) is 4.67. The van der Waals surface area contributed by atoms with Crippen molar-refractivity contribution < 1.29 is 4.74 Å². The van der Waals surface area contributed by atoms with Crippen LogP contribution in [0.4, 0.5) is 0 Å². The fourth-order valence-electron chi connectivity index (χ4n) is 2.81. The number of nitrogens with zero attached hydrogens (tertiary/aromatic N) is 2. The van der Waals surface area contributed by atoms with Crippen molar-refractivity contribution in [3.05, 3.63) is 29.8 Å². The van der Waals surface area contributed by atoms with Gasteiger partial charge in [-0.3, -0.25) is 5.41 Å². The normalized spacial score (nSPS) is 23.6. The topological polar surface area (TPSA) is 39.6 Å². The van der Waals surface area contributed by atoms with E-state index in [4.69, 9.17) is 10.1 Å². The summed E-state index contributed by atoms with van der Waals surface area (Å²) >= 11 is 0. The second-order valence-electron chi connectivity index (χ2n) is 5.50. The van der Waals surface area contributed by atoms with Crippen LogP contribution in [0.15, 0.2) is 24.3 Å². The highest BCUT2D eigenvalue weighted by atomic mass is 16.5. The van der Waals surface area contributed by atoms with E-state index in [-0.39, 0.29) is 5.92 Å². The van der Waals surface area contributed by atoms with Crippen molar-refractivity contribution in [2.75, 3.05) is 39.8 Å². The zero-order chi connectivity index (χ0) is 13.2. The van der Waals surface area contributed by atoms with Gasteiger partial charge in [-0.15, -0.1) is 0 Å². The lowest BCUT2D eigenvalue weighted by Gasteiger charge is -2.37. The Morgan fingerprint density at radius 1 is 1.21 bits per heavy atom. The third-order valence-electron chi connectivity index (χ3n) is 4.11. The van der Waals surface area contributed by atoms with Crippen LogP contribution >= 0.6 is 0 Å².